The van der Waals surface area contributed by atoms with Gasteiger partial charge in [0.2, 0.25) is 0 Å². The van der Waals surface area contributed by atoms with Gasteiger partial charge in [0.25, 0.3) is 0 Å². The lowest BCUT2D eigenvalue weighted by Gasteiger charge is -2.43. The first-order valence-electron chi connectivity index (χ1n) is 6.57. The SMILES string of the molecule is CC(C)(C)OC(=O)N1c2ccccc2NCC1(C)C. The van der Waals surface area contributed by atoms with Crippen LogP contribution in [0.3, 0.4) is 0 Å². The van der Waals surface area contributed by atoms with Gasteiger partial charge < -0.3 is 10.1 Å². The Morgan fingerprint density at radius 3 is 2.58 bits per heavy atom. The average molecular weight is 262 g/mol. The molecule has 1 aliphatic rings. The molecule has 4 nitrogen and oxygen atoms in total. The number of benzene rings is 1. The Hall–Kier alpha value is -1.71. The summed E-state index contributed by atoms with van der Waals surface area (Å²) in [6.45, 7) is 10.4. The molecule has 0 saturated heterocycles. The Morgan fingerprint density at radius 1 is 1.32 bits per heavy atom. The van der Waals surface area contributed by atoms with Crippen molar-refractivity contribution in [3.05, 3.63) is 24.3 Å². The van der Waals surface area contributed by atoms with Gasteiger partial charge >= 0.3 is 6.09 Å². The molecule has 0 aliphatic carbocycles. The summed E-state index contributed by atoms with van der Waals surface area (Å²) in [6, 6.07) is 7.80. The maximum absolute atomic E-state index is 12.5. The van der Waals surface area contributed by atoms with Crippen molar-refractivity contribution < 1.29 is 9.53 Å². The van der Waals surface area contributed by atoms with Crippen molar-refractivity contribution in [1.82, 2.24) is 0 Å². The number of carbonyl (C=O) groups excluding carboxylic acids is 1. The fourth-order valence-corrected chi connectivity index (χ4v) is 2.19. The molecule has 19 heavy (non-hydrogen) atoms. The molecule has 4 heteroatoms. The highest BCUT2D eigenvalue weighted by atomic mass is 16.6. The number of anilines is 2. The van der Waals surface area contributed by atoms with Crippen LogP contribution in [0.2, 0.25) is 0 Å². The van der Waals surface area contributed by atoms with Gasteiger partial charge in [0, 0.05) is 6.54 Å². The largest absolute Gasteiger partial charge is 0.443 e. The van der Waals surface area contributed by atoms with Crippen LogP contribution in [0.4, 0.5) is 16.2 Å². The summed E-state index contributed by atoms with van der Waals surface area (Å²) < 4.78 is 5.53. The van der Waals surface area contributed by atoms with Gasteiger partial charge in [0.15, 0.2) is 0 Å². The number of para-hydroxylation sites is 2. The van der Waals surface area contributed by atoms with E-state index in [1.54, 1.807) is 4.90 Å². The van der Waals surface area contributed by atoms with E-state index in [9.17, 15) is 4.79 Å². The molecule has 0 bridgehead atoms. The van der Waals surface area contributed by atoms with Crippen molar-refractivity contribution >= 4 is 17.5 Å². The number of carbonyl (C=O) groups is 1. The van der Waals surface area contributed by atoms with Gasteiger partial charge in [-0.1, -0.05) is 12.1 Å². The molecule has 104 valence electrons. The van der Waals surface area contributed by atoms with E-state index in [1.807, 2.05) is 58.9 Å². The third-order valence-electron chi connectivity index (χ3n) is 3.04. The second kappa shape index (κ2) is 4.44. The first-order chi connectivity index (χ1) is 8.71. The minimum Gasteiger partial charge on any atom is -0.443 e. The van der Waals surface area contributed by atoms with Crippen LogP contribution in [0.15, 0.2) is 24.3 Å². The number of nitrogens with one attached hydrogen (secondary N) is 1. The molecule has 0 radical (unpaired) electrons. The Kier molecular flexibility index (Phi) is 3.20. The molecule has 0 saturated carbocycles. The molecule has 1 aromatic rings. The molecule has 0 atom stereocenters. The predicted octanol–water partition coefficient (Wildman–Crippen LogP) is 3.63. The van der Waals surface area contributed by atoms with Crippen molar-refractivity contribution in [2.24, 2.45) is 0 Å². The predicted molar refractivity (Wildman–Crippen MR) is 77.7 cm³/mol. The number of fused-ring (bicyclic) bond motifs is 1. The summed E-state index contributed by atoms with van der Waals surface area (Å²) in [5, 5.41) is 3.35. The van der Waals surface area contributed by atoms with Gasteiger partial charge in [-0.25, -0.2) is 4.79 Å². The highest BCUT2D eigenvalue weighted by Gasteiger charge is 2.39. The van der Waals surface area contributed by atoms with E-state index in [0.717, 1.165) is 11.4 Å². The zero-order valence-electron chi connectivity index (χ0n) is 12.3. The number of hydrogen-bond acceptors (Lipinski definition) is 3. The zero-order chi connectivity index (χ0) is 14.3. The maximum Gasteiger partial charge on any atom is 0.415 e. The van der Waals surface area contributed by atoms with Crippen LogP contribution in [0.25, 0.3) is 0 Å². The standard InChI is InChI=1S/C15H22N2O2/c1-14(2,3)19-13(18)17-12-9-7-6-8-11(12)16-10-15(17,4)5/h6-9,16H,10H2,1-5H3. The first kappa shape index (κ1) is 13.7. The van der Waals surface area contributed by atoms with Crippen LogP contribution in [0.5, 0.6) is 0 Å². The number of rotatable bonds is 0. The smallest absolute Gasteiger partial charge is 0.415 e. The fourth-order valence-electron chi connectivity index (χ4n) is 2.19. The summed E-state index contributed by atoms with van der Waals surface area (Å²) in [6.07, 6.45) is -0.300. The molecule has 0 spiro atoms. The third-order valence-corrected chi connectivity index (χ3v) is 3.04. The number of amides is 1. The quantitative estimate of drug-likeness (QED) is 0.776. The van der Waals surface area contributed by atoms with Crippen molar-refractivity contribution in [3.8, 4) is 0 Å². The van der Waals surface area contributed by atoms with Crippen LogP contribution in [-0.2, 0) is 4.74 Å². The second-order valence-corrected chi connectivity index (χ2v) is 6.50. The average Bonchev–Trinajstić information content (AvgIpc) is 2.25. The lowest BCUT2D eigenvalue weighted by atomic mass is 9.98. The first-order valence-corrected chi connectivity index (χ1v) is 6.57. The molecule has 1 aromatic carbocycles. The highest BCUT2D eigenvalue weighted by Crippen LogP contribution is 2.36. The van der Waals surface area contributed by atoms with Crippen LogP contribution in [-0.4, -0.2) is 23.8 Å². The number of nitrogens with zero attached hydrogens (tertiary/aromatic N) is 1. The Balaban J connectivity index is 2.38. The summed E-state index contributed by atoms with van der Waals surface area (Å²) in [4.78, 5) is 14.2. The lowest BCUT2D eigenvalue weighted by molar-refractivity contribution is 0.0547. The Bertz CT molecular complexity index is 489. The van der Waals surface area contributed by atoms with Crippen molar-refractivity contribution in [3.63, 3.8) is 0 Å². The van der Waals surface area contributed by atoms with E-state index in [1.165, 1.54) is 0 Å². The van der Waals surface area contributed by atoms with Crippen molar-refractivity contribution in [2.75, 3.05) is 16.8 Å². The van der Waals surface area contributed by atoms with Gasteiger partial charge in [-0.2, -0.15) is 0 Å². The van der Waals surface area contributed by atoms with Crippen molar-refractivity contribution in [2.45, 2.75) is 45.8 Å². The van der Waals surface area contributed by atoms with Crippen LogP contribution in [0, 0.1) is 0 Å². The summed E-state index contributed by atoms with van der Waals surface area (Å²) in [5.41, 5.74) is 1.02. The maximum atomic E-state index is 12.5. The highest BCUT2D eigenvalue weighted by molar-refractivity contribution is 5.95. The lowest BCUT2D eigenvalue weighted by Crippen LogP contribution is -2.56. The molecular weight excluding hydrogens is 240 g/mol. The van der Waals surface area contributed by atoms with Crippen LogP contribution < -0.4 is 10.2 Å². The molecule has 1 heterocycles. The summed E-state index contributed by atoms with van der Waals surface area (Å²) in [7, 11) is 0. The van der Waals surface area contributed by atoms with Crippen LogP contribution in [0.1, 0.15) is 34.6 Å². The topological polar surface area (TPSA) is 41.6 Å². The van der Waals surface area contributed by atoms with Crippen molar-refractivity contribution in [1.29, 1.82) is 0 Å². The van der Waals surface area contributed by atoms with Gasteiger partial charge in [-0.05, 0) is 46.8 Å². The Labute approximate surface area is 114 Å². The monoisotopic (exact) mass is 262 g/mol. The molecule has 2 rings (SSSR count). The molecule has 1 N–H and O–H groups in total. The van der Waals surface area contributed by atoms with E-state index < -0.39 is 5.60 Å². The molecule has 1 amide bonds. The van der Waals surface area contributed by atoms with Gasteiger partial charge in [-0.3, -0.25) is 4.90 Å². The normalized spacial score (nSPS) is 17.4. The number of hydrogen-bond donors (Lipinski definition) is 1. The minimum atomic E-state index is -0.493. The minimum absolute atomic E-state index is 0.300. The van der Waals surface area contributed by atoms with E-state index in [2.05, 4.69) is 5.32 Å². The molecular formula is C15H22N2O2. The molecule has 0 fully saturated rings. The molecule has 0 unspecified atom stereocenters. The van der Waals surface area contributed by atoms with E-state index >= 15 is 0 Å². The van der Waals surface area contributed by atoms with Gasteiger partial charge in [-0.15, -0.1) is 0 Å². The number of ether oxygens (including phenoxy) is 1. The van der Waals surface area contributed by atoms with E-state index in [4.69, 9.17) is 4.74 Å². The summed E-state index contributed by atoms with van der Waals surface area (Å²) in [5.74, 6) is 0. The Morgan fingerprint density at radius 2 is 1.95 bits per heavy atom. The van der Waals surface area contributed by atoms with Gasteiger partial charge in [0.05, 0.1) is 16.9 Å². The van der Waals surface area contributed by atoms with E-state index in [-0.39, 0.29) is 11.6 Å². The summed E-state index contributed by atoms with van der Waals surface area (Å²) >= 11 is 0. The van der Waals surface area contributed by atoms with Gasteiger partial charge in [0.1, 0.15) is 5.60 Å². The third kappa shape index (κ3) is 2.83. The van der Waals surface area contributed by atoms with Crippen LogP contribution >= 0.6 is 0 Å². The molecule has 0 aromatic heterocycles. The van der Waals surface area contributed by atoms with E-state index in [0.29, 0.717) is 6.54 Å². The zero-order valence-corrected chi connectivity index (χ0v) is 12.3. The molecule has 1 aliphatic heterocycles. The second-order valence-electron chi connectivity index (χ2n) is 6.50. The fraction of sp³-hybridized carbons (Fsp3) is 0.533.